The molecule has 30 heavy (non-hydrogen) atoms. The van der Waals surface area contributed by atoms with E-state index in [2.05, 4.69) is 97.1 Å². The maximum absolute atomic E-state index is 2.34. The van der Waals surface area contributed by atoms with Gasteiger partial charge in [0, 0.05) is 0 Å². The molecule has 0 aromatic heterocycles. The van der Waals surface area contributed by atoms with Crippen molar-refractivity contribution in [3.05, 3.63) is 119 Å². The second kappa shape index (κ2) is 9.38. The summed E-state index contributed by atoms with van der Waals surface area (Å²) >= 11 is 1.06. The molecule has 0 atom stereocenters. The molecule has 0 bridgehead atoms. The summed E-state index contributed by atoms with van der Waals surface area (Å²) in [4.78, 5) is 0. The molecule has 0 fully saturated rings. The summed E-state index contributed by atoms with van der Waals surface area (Å²) < 4.78 is 0. The molecule has 4 aromatic carbocycles. The van der Waals surface area contributed by atoms with E-state index in [0.29, 0.717) is 29.9 Å². The van der Waals surface area contributed by atoms with Crippen LogP contribution in [0.5, 0.6) is 0 Å². The molecular weight excluding hydrogens is 494 g/mol. The van der Waals surface area contributed by atoms with E-state index in [1.54, 1.807) is 0 Å². The molecule has 0 radical (unpaired) electrons. The van der Waals surface area contributed by atoms with Crippen LogP contribution in [0.2, 0.25) is 0 Å². The van der Waals surface area contributed by atoms with Gasteiger partial charge in [0.25, 0.3) is 0 Å². The fraction of sp³-hybridized carbons (Fsp3) is 0.143. The molecule has 1 aliphatic heterocycles. The van der Waals surface area contributed by atoms with Gasteiger partial charge in [0.05, 0.1) is 0 Å². The first-order chi connectivity index (χ1) is 14.9. The van der Waals surface area contributed by atoms with E-state index in [1.165, 1.54) is 65.8 Å². The van der Waals surface area contributed by atoms with Crippen molar-refractivity contribution in [2.75, 3.05) is 0 Å². The Bertz CT molecular complexity index is 978. The van der Waals surface area contributed by atoms with Gasteiger partial charge in [0.15, 0.2) is 0 Å². The summed E-state index contributed by atoms with van der Waals surface area (Å²) in [6.07, 6.45) is 0. The molecule has 0 spiro atoms. The number of fused-ring (bicyclic) bond motifs is 6. The maximum atomic E-state index is 2.34. The molecule has 5 rings (SSSR count). The van der Waals surface area contributed by atoms with Gasteiger partial charge >= 0.3 is 193 Å². The van der Waals surface area contributed by atoms with Gasteiger partial charge < -0.3 is 0 Å². The molecule has 2 heteroatoms. The van der Waals surface area contributed by atoms with Gasteiger partial charge in [-0.1, -0.05) is 0 Å². The zero-order chi connectivity index (χ0) is 20.2. The van der Waals surface area contributed by atoms with Crippen LogP contribution in [0.25, 0.3) is 22.3 Å². The van der Waals surface area contributed by atoms with Gasteiger partial charge in [0.2, 0.25) is 0 Å². The second-order valence-electron chi connectivity index (χ2n) is 7.61. The van der Waals surface area contributed by atoms with Crippen molar-refractivity contribution in [3.63, 3.8) is 0 Å². The normalized spacial score (nSPS) is 13.9. The molecule has 1 aliphatic rings. The number of hydrogen-bond acceptors (Lipinski definition) is 0. The van der Waals surface area contributed by atoms with Crippen LogP contribution in [-0.4, -0.2) is 29.9 Å². The summed E-state index contributed by atoms with van der Waals surface area (Å²) in [6, 6.07) is 36.3. The zero-order valence-electron chi connectivity index (χ0n) is 16.9. The van der Waals surface area contributed by atoms with Crippen molar-refractivity contribution < 1.29 is 0 Å². The van der Waals surface area contributed by atoms with Gasteiger partial charge in [-0.05, 0) is 0 Å². The van der Waals surface area contributed by atoms with E-state index >= 15 is 0 Å². The topological polar surface area (TPSA) is 0 Å². The third-order valence-corrected chi connectivity index (χ3v) is 10.0. The van der Waals surface area contributed by atoms with E-state index in [1.807, 2.05) is 0 Å². The predicted molar refractivity (Wildman–Crippen MR) is 130 cm³/mol. The van der Waals surface area contributed by atoms with Crippen molar-refractivity contribution in [2.45, 2.75) is 21.3 Å². The minimum absolute atomic E-state index is 0.532. The van der Waals surface area contributed by atoms with E-state index < -0.39 is 0 Å². The van der Waals surface area contributed by atoms with Crippen LogP contribution < -0.4 is 0 Å². The van der Waals surface area contributed by atoms with Crippen molar-refractivity contribution in [1.29, 1.82) is 0 Å². The molecular formula is C28H24Se2. The van der Waals surface area contributed by atoms with Crippen LogP contribution in [0.4, 0.5) is 0 Å². The van der Waals surface area contributed by atoms with E-state index in [4.69, 9.17) is 0 Å². The Kier molecular flexibility index (Phi) is 6.21. The van der Waals surface area contributed by atoms with Gasteiger partial charge in [0.1, 0.15) is 0 Å². The molecule has 0 N–H and O–H groups in total. The van der Waals surface area contributed by atoms with Crippen molar-refractivity contribution in [3.8, 4) is 22.3 Å². The fourth-order valence-corrected chi connectivity index (χ4v) is 8.56. The summed E-state index contributed by atoms with van der Waals surface area (Å²) in [5.41, 5.74) is 11.8. The van der Waals surface area contributed by atoms with Crippen LogP contribution in [0.3, 0.4) is 0 Å². The van der Waals surface area contributed by atoms with E-state index in [0.717, 1.165) is 0 Å². The number of rotatable bonds is 0. The quantitative estimate of drug-likeness (QED) is 0.245. The molecule has 0 nitrogen and oxygen atoms in total. The van der Waals surface area contributed by atoms with Gasteiger partial charge in [-0.15, -0.1) is 0 Å². The van der Waals surface area contributed by atoms with Crippen LogP contribution in [0.1, 0.15) is 22.3 Å². The third kappa shape index (κ3) is 4.20. The Morgan fingerprint density at radius 2 is 0.567 bits per heavy atom. The molecule has 0 saturated heterocycles. The van der Waals surface area contributed by atoms with Crippen LogP contribution in [0, 0.1) is 0 Å². The van der Waals surface area contributed by atoms with Crippen molar-refractivity contribution >= 4 is 29.9 Å². The first kappa shape index (κ1) is 19.9. The summed E-state index contributed by atoms with van der Waals surface area (Å²) in [5.74, 6) is 0. The summed E-state index contributed by atoms with van der Waals surface area (Å²) in [5, 5.41) is 4.72. The Labute approximate surface area is 192 Å². The molecule has 0 saturated carbocycles. The van der Waals surface area contributed by atoms with Crippen molar-refractivity contribution in [1.82, 2.24) is 0 Å². The van der Waals surface area contributed by atoms with Crippen LogP contribution in [0.15, 0.2) is 97.1 Å². The Morgan fingerprint density at radius 1 is 0.333 bits per heavy atom. The third-order valence-electron chi connectivity index (χ3n) is 5.68. The minimum atomic E-state index is 0.532. The van der Waals surface area contributed by atoms with E-state index in [9.17, 15) is 0 Å². The second-order valence-corrected chi connectivity index (χ2v) is 11.7. The number of benzene rings is 4. The monoisotopic (exact) mass is 520 g/mol. The summed E-state index contributed by atoms with van der Waals surface area (Å²) in [7, 11) is 0. The van der Waals surface area contributed by atoms with Gasteiger partial charge in [-0.25, -0.2) is 0 Å². The SMILES string of the molecule is c1ccc2c(c1)C[Se]Cc1ccccc1-c1ccccc1C[Se]Cc1ccccc1-2. The molecule has 148 valence electrons. The molecule has 0 amide bonds. The standard InChI is InChI=1S/C28H24Se2/c1-5-13-25-21(9-1)17-29-18-23-11-3-7-15-27(23)28-16-8-4-12-24(28)20-30-19-22-10-2-6-14-26(22)25/h1-16H,17-20H2. The predicted octanol–water partition coefficient (Wildman–Crippen LogP) is 6.14. The molecule has 1 heterocycles. The zero-order valence-corrected chi connectivity index (χ0v) is 20.3. The first-order valence-corrected chi connectivity index (χ1v) is 15.2. The summed E-state index contributed by atoms with van der Waals surface area (Å²) in [6.45, 7) is 0. The average molecular weight is 518 g/mol. The van der Waals surface area contributed by atoms with Crippen LogP contribution in [-0.2, 0) is 21.3 Å². The Morgan fingerprint density at radius 3 is 0.833 bits per heavy atom. The van der Waals surface area contributed by atoms with Crippen LogP contribution >= 0.6 is 0 Å². The first-order valence-electron chi connectivity index (χ1n) is 10.4. The molecule has 4 aromatic rings. The number of hydrogen-bond donors (Lipinski definition) is 0. The van der Waals surface area contributed by atoms with E-state index in [-0.39, 0.29) is 0 Å². The van der Waals surface area contributed by atoms with Gasteiger partial charge in [-0.2, -0.15) is 0 Å². The Balaban J connectivity index is 1.59. The van der Waals surface area contributed by atoms with Gasteiger partial charge in [-0.3, -0.25) is 0 Å². The molecule has 0 unspecified atom stereocenters. The Hall–Kier alpha value is -2.08. The fourth-order valence-electron chi connectivity index (χ4n) is 4.18. The average Bonchev–Trinajstić information content (AvgIpc) is 2.80. The van der Waals surface area contributed by atoms with Crippen molar-refractivity contribution in [2.24, 2.45) is 0 Å². The molecule has 0 aliphatic carbocycles.